The van der Waals surface area contributed by atoms with Crippen LogP contribution in [0, 0.1) is 0 Å². The highest BCUT2D eigenvalue weighted by molar-refractivity contribution is 5.95. The van der Waals surface area contributed by atoms with Gasteiger partial charge in [0.15, 0.2) is 6.61 Å². The number of methoxy groups -OCH3 is 1. The van der Waals surface area contributed by atoms with Crippen LogP contribution >= 0.6 is 0 Å². The Bertz CT molecular complexity index is 863. The van der Waals surface area contributed by atoms with Crippen molar-refractivity contribution in [2.75, 3.05) is 25.6 Å². The van der Waals surface area contributed by atoms with Crippen molar-refractivity contribution in [3.05, 3.63) is 59.7 Å². The lowest BCUT2D eigenvalue weighted by molar-refractivity contribution is -0.128. The number of likely N-dealkylation sites (tertiary alicyclic amines) is 1. The van der Waals surface area contributed by atoms with Crippen LogP contribution in [0.5, 0.6) is 5.75 Å². The Morgan fingerprint density at radius 2 is 1.93 bits per heavy atom. The molecule has 1 saturated heterocycles. The minimum Gasteiger partial charge on any atom is -0.497 e. The van der Waals surface area contributed by atoms with Crippen molar-refractivity contribution in [1.82, 2.24) is 4.90 Å². The Labute approximate surface area is 163 Å². The number of carbonyl (C=O) groups excluding carboxylic acids is 3. The monoisotopic (exact) mass is 382 g/mol. The van der Waals surface area contributed by atoms with Gasteiger partial charge in [0.2, 0.25) is 5.91 Å². The van der Waals surface area contributed by atoms with Crippen LogP contribution in [0.3, 0.4) is 0 Å². The number of anilines is 1. The molecule has 1 heterocycles. The van der Waals surface area contributed by atoms with E-state index in [4.69, 9.17) is 9.47 Å². The number of amides is 2. The van der Waals surface area contributed by atoms with Gasteiger partial charge in [-0.2, -0.15) is 0 Å². The average Bonchev–Trinajstić information content (AvgIpc) is 3.11. The lowest BCUT2D eigenvalue weighted by Crippen LogP contribution is -2.23. The molecule has 0 radical (unpaired) electrons. The topological polar surface area (TPSA) is 84.9 Å². The molecule has 28 heavy (non-hydrogen) atoms. The molecular weight excluding hydrogens is 360 g/mol. The maximum Gasteiger partial charge on any atom is 0.338 e. The fourth-order valence-electron chi connectivity index (χ4n) is 2.95. The van der Waals surface area contributed by atoms with Gasteiger partial charge in [0.05, 0.1) is 12.7 Å². The number of ether oxygens (including phenoxy) is 2. The molecule has 0 atom stereocenters. The Morgan fingerprint density at radius 1 is 1.14 bits per heavy atom. The Balaban J connectivity index is 1.48. The Hall–Kier alpha value is -3.35. The molecule has 1 N–H and O–H groups in total. The van der Waals surface area contributed by atoms with Crippen molar-refractivity contribution >= 4 is 23.5 Å². The van der Waals surface area contributed by atoms with Gasteiger partial charge in [-0.25, -0.2) is 4.79 Å². The highest BCUT2D eigenvalue weighted by atomic mass is 16.5. The van der Waals surface area contributed by atoms with E-state index in [9.17, 15) is 14.4 Å². The van der Waals surface area contributed by atoms with E-state index in [1.807, 2.05) is 0 Å². The maximum atomic E-state index is 12.1. The zero-order valence-electron chi connectivity index (χ0n) is 15.6. The van der Waals surface area contributed by atoms with E-state index in [0.717, 1.165) is 18.5 Å². The fourth-order valence-corrected chi connectivity index (χ4v) is 2.95. The molecule has 2 amide bonds. The second kappa shape index (κ2) is 9.03. The number of carbonyl (C=O) groups is 3. The number of nitrogens with zero attached hydrogens (tertiary/aromatic N) is 1. The molecule has 3 rings (SSSR count). The molecule has 7 heteroatoms. The summed E-state index contributed by atoms with van der Waals surface area (Å²) < 4.78 is 10.2. The summed E-state index contributed by atoms with van der Waals surface area (Å²) in [7, 11) is 1.54. The van der Waals surface area contributed by atoms with E-state index in [-0.39, 0.29) is 12.5 Å². The van der Waals surface area contributed by atoms with Gasteiger partial charge in [-0.3, -0.25) is 9.59 Å². The first-order chi connectivity index (χ1) is 13.5. The summed E-state index contributed by atoms with van der Waals surface area (Å²) in [6.45, 7) is 0.919. The summed E-state index contributed by atoms with van der Waals surface area (Å²) in [5, 5.41) is 2.64. The van der Waals surface area contributed by atoms with Crippen molar-refractivity contribution in [2.45, 2.75) is 19.4 Å². The van der Waals surface area contributed by atoms with Crippen LogP contribution in [-0.2, 0) is 20.9 Å². The molecule has 0 aliphatic carbocycles. The van der Waals surface area contributed by atoms with Crippen LogP contribution in [0.4, 0.5) is 5.69 Å². The van der Waals surface area contributed by atoms with E-state index < -0.39 is 11.9 Å². The summed E-state index contributed by atoms with van der Waals surface area (Å²) in [6, 6.07) is 13.7. The number of hydrogen-bond donors (Lipinski definition) is 1. The van der Waals surface area contributed by atoms with Crippen molar-refractivity contribution in [1.29, 1.82) is 0 Å². The maximum absolute atomic E-state index is 12.1. The van der Waals surface area contributed by atoms with E-state index >= 15 is 0 Å². The summed E-state index contributed by atoms with van der Waals surface area (Å²) in [6.07, 6.45) is 1.49. The van der Waals surface area contributed by atoms with Crippen LogP contribution in [0.15, 0.2) is 48.5 Å². The average molecular weight is 382 g/mol. The second-order valence-corrected chi connectivity index (χ2v) is 6.47. The van der Waals surface area contributed by atoms with Gasteiger partial charge in [0.25, 0.3) is 5.91 Å². The molecule has 0 aromatic heterocycles. The van der Waals surface area contributed by atoms with Crippen LogP contribution in [0.1, 0.15) is 28.8 Å². The predicted molar refractivity (Wildman–Crippen MR) is 103 cm³/mol. The summed E-state index contributed by atoms with van der Waals surface area (Å²) in [4.78, 5) is 37.6. The first-order valence-corrected chi connectivity index (χ1v) is 9.03. The van der Waals surface area contributed by atoms with Crippen LogP contribution < -0.4 is 10.1 Å². The normalized spacial score (nSPS) is 13.3. The number of nitrogens with one attached hydrogen (secondary N) is 1. The van der Waals surface area contributed by atoms with Gasteiger partial charge in [0.1, 0.15) is 5.75 Å². The number of hydrogen-bond acceptors (Lipinski definition) is 5. The van der Waals surface area contributed by atoms with Crippen molar-refractivity contribution < 1.29 is 23.9 Å². The first kappa shape index (κ1) is 19.4. The zero-order chi connectivity index (χ0) is 19.9. The van der Waals surface area contributed by atoms with Crippen LogP contribution in [0.2, 0.25) is 0 Å². The Kier molecular flexibility index (Phi) is 6.26. The Morgan fingerprint density at radius 3 is 2.61 bits per heavy atom. The molecule has 2 aromatic carbocycles. The van der Waals surface area contributed by atoms with Gasteiger partial charge >= 0.3 is 5.97 Å². The van der Waals surface area contributed by atoms with E-state index in [2.05, 4.69) is 5.32 Å². The van der Waals surface area contributed by atoms with Gasteiger partial charge < -0.3 is 19.7 Å². The quantitative estimate of drug-likeness (QED) is 0.744. The number of esters is 1. The molecule has 146 valence electrons. The van der Waals surface area contributed by atoms with E-state index in [1.54, 1.807) is 53.4 Å². The highest BCUT2D eigenvalue weighted by Crippen LogP contribution is 2.17. The first-order valence-electron chi connectivity index (χ1n) is 9.03. The lowest BCUT2D eigenvalue weighted by atomic mass is 10.1. The lowest BCUT2D eigenvalue weighted by Gasteiger charge is -2.15. The van der Waals surface area contributed by atoms with Crippen LogP contribution in [0.25, 0.3) is 0 Å². The second-order valence-electron chi connectivity index (χ2n) is 6.47. The summed E-state index contributed by atoms with van der Waals surface area (Å²) in [5.41, 5.74) is 1.86. The summed E-state index contributed by atoms with van der Waals surface area (Å²) in [5.74, 6) is -0.244. The smallest absolute Gasteiger partial charge is 0.338 e. The fraction of sp³-hybridized carbons (Fsp3) is 0.286. The molecule has 7 nitrogen and oxygen atoms in total. The largest absolute Gasteiger partial charge is 0.497 e. The highest BCUT2D eigenvalue weighted by Gasteiger charge is 2.20. The van der Waals surface area contributed by atoms with Gasteiger partial charge in [-0.15, -0.1) is 0 Å². The van der Waals surface area contributed by atoms with Gasteiger partial charge in [-0.1, -0.05) is 18.2 Å². The molecule has 1 aliphatic rings. The molecule has 0 saturated carbocycles. The number of benzene rings is 2. The number of rotatable bonds is 7. The van der Waals surface area contributed by atoms with Crippen LogP contribution in [-0.4, -0.2) is 42.9 Å². The minimum atomic E-state index is -0.579. The molecule has 0 bridgehead atoms. The van der Waals surface area contributed by atoms with Crippen molar-refractivity contribution in [3.63, 3.8) is 0 Å². The van der Waals surface area contributed by atoms with Crippen molar-refractivity contribution in [2.24, 2.45) is 0 Å². The third kappa shape index (κ3) is 5.09. The SMILES string of the molecule is COc1cccc(NC(=O)COC(=O)c2ccc(CN3CCCC3=O)cc2)c1. The van der Waals surface area contributed by atoms with Crippen molar-refractivity contribution in [3.8, 4) is 5.75 Å². The minimum absolute atomic E-state index is 0.158. The van der Waals surface area contributed by atoms with Gasteiger partial charge in [0, 0.05) is 31.3 Å². The molecule has 2 aromatic rings. The summed E-state index contributed by atoms with van der Waals surface area (Å²) >= 11 is 0. The molecule has 0 spiro atoms. The molecule has 1 aliphatic heterocycles. The van der Waals surface area contributed by atoms with Gasteiger partial charge in [-0.05, 0) is 36.2 Å². The third-order valence-corrected chi connectivity index (χ3v) is 4.42. The predicted octanol–water partition coefficient (Wildman–Crippen LogP) is 2.61. The molecule has 0 unspecified atom stereocenters. The van der Waals surface area contributed by atoms with E-state index in [0.29, 0.717) is 30.0 Å². The third-order valence-electron chi connectivity index (χ3n) is 4.42. The van der Waals surface area contributed by atoms with E-state index in [1.165, 1.54) is 7.11 Å². The molecular formula is C21H22N2O5. The standard InChI is InChI=1S/C21H22N2O5/c1-27-18-5-2-4-17(12-18)22-19(24)14-28-21(26)16-9-7-15(8-10-16)13-23-11-3-6-20(23)25/h2,4-5,7-10,12H,3,6,11,13-14H2,1H3,(H,22,24). The zero-order valence-corrected chi connectivity index (χ0v) is 15.6. The molecule has 1 fully saturated rings.